The molecule has 0 radical (unpaired) electrons. The number of carbonyl (C=O) groups excluding carboxylic acids is 1. The molecule has 0 bridgehead atoms. The normalized spacial score (nSPS) is 24.9. The molecule has 3 saturated heterocycles. The number of anilines is 1. The molecule has 0 saturated carbocycles. The van der Waals surface area contributed by atoms with Gasteiger partial charge in [0, 0.05) is 57.6 Å². The van der Waals surface area contributed by atoms with Crippen LogP contribution >= 0.6 is 0 Å². The first-order chi connectivity index (χ1) is 13.9. The van der Waals surface area contributed by atoms with E-state index in [0.717, 1.165) is 71.0 Å². The number of rotatable bonds is 3. The second-order valence-corrected chi connectivity index (χ2v) is 8.13. The largest absolute Gasteiger partial charge is 0.416 e. The van der Waals surface area contributed by atoms with Gasteiger partial charge in [0.1, 0.15) is 6.10 Å². The molecule has 8 heteroatoms. The van der Waals surface area contributed by atoms with Gasteiger partial charge in [0.25, 0.3) is 5.91 Å². The van der Waals surface area contributed by atoms with Crippen molar-refractivity contribution >= 4 is 11.6 Å². The predicted molar refractivity (Wildman–Crippen MR) is 104 cm³/mol. The van der Waals surface area contributed by atoms with Crippen LogP contribution in [0.4, 0.5) is 18.9 Å². The summed E-state index contributed by atoms with van der Waals surface area (Å²) in [7, 11) is 0. The molecule has 1 amide bonds. The molecule has 1 aromatic carbocycles. The summed E-state index contributed by atoms with van der Waals surface area (Å²) in [6.45, 7) is 5.31. The lowest BCUT2D eigenvalue weighted by Gasteiger charge is -2.43. The number of hydrogen-bond donors (Lipinski definition) is 0. The lowest BCUT2D eigenvalue weighted by atomic mass is 10.0. The number of carbonyl (C=O) groups is 1. The summed E-state index contributed by atoms with van der Waals surface area (Å²) in [5.41, 5.74) is 0.0390. The maximum absolute atomic E-state index is 13.0. The fourth-order valence-electron chi connectivity index (χ4n) is 4.65. The minimum atomic E-state index is -4.31. The Labute approximate surface area is 169 Å². The summed E-state index contributed by atoms with van der Waals surface area (Å²) in [4.78, 5) is 18.9. The van der Waals surface area contributed by atoms with Crippen LogP contribution in [-0.2, 0) is 15.7 Å². The summed E-state index contributed by atoms with van der Waals surface area (Å²) in [5, 5.41) is 0. The van der Waals surface area contributed by atoms with Gasteiger partial charge in [0.15, 0.2) is 0 Å². The minimum Gasteiger partial charge on any atom is -0.369 e. The zero-order valence-corrected chi connectivity index (χ0v) is 16.5. The highest BCUT2D eigenvalue weighted by Gasteiger charge is 2.34. The third-order valence-corrected chi connectivity index (χ3v) is 6.35. The average Bonchev–Trinajstić information content (AvgIpc) is 3.28. The van der Waals surface area contributed by atoms with Crippen LogP contribution in [0.5, 0.6) is 0 Å². The number of nitrogens with zero attached hydrogens (tertiary/aromatic N) is 3. The zero-order chi connectivity index (χ0) is 20.4. The first-order valence-electron chi connectivity index (χ1n) is 10.5. The molecule has 29 heavy (non-hydrogen) atoms. The Morgan fingerprint density at radius 2 is 1.72 bits per heavy atom. The van der Waals surface area contributed by atoms with Gasteiger partial charge in [-0.25, -0.2) is 0 Å². The van der Waals surface area contributed by atoms with Crippen LogP contribution < -0.4 is 4.90 Å². The van der Waals surface area contributed by atoms with Crippen LogP contribution in [0.3, 0.4) is 0 Å². The summed E-state index contributed by atoms with van der Waals surface area (Å²) in [6.07, 6.45) is -0.877. The molecule has 3 aliphatic heterocycles. The van der Waals surface area contributed by atoms with Crippen LogP contribution in [0.1, 0.15) is 31.2 Å². The number of piperazine rings is 1. The van der Waals surface area contributed by atoms with Gasteiger partial charge in [-0.1, -0.05) is 6.07 Å². The lowest BCUT2D eigenvalue weighted by Crippen LogP contribution is -2.54. The fraction of sp³-hybridized carbons (Fsp3) is 0.667. The second kappa shape index (κ2) is 8.52. The van der Waals surface area contributed by atoms with Crippen molar-refractivity contribution in [1.82, 2.24) is 9.80 Å². The number of piperidine rings is 1. The van der Waals surface area contributed by atoms with Gasteiger partial charge >= 0.3 is 6.18 Å². The third kappa shape index (κ3) is 4.69. The third-order valence-electron chi connectivity index (χ3n) is 6.35. The van der Waals surface area contributed by atoms with E-state index in [1.165, 1.54) is 12.1 Å². The van der Waals surface area contributed by atoms with Crippen molar-refractivity contribution in [2.24, 2.45) is 0 Å². The summed E-state index contributed by atoms with van der Waals surface area (Å²) in [6, 6.07) is 6.02. The second-order valence-electron chi connectivity index (χ2n) is 8.13. The molecule has 3 fully saturated rings. The number of hydrogen-bond acceptors (Lipinski definition) is 4. The highest BCUT2D eigenvalue weighted by Crippen LogP contribution is 2.32. The smallest absolute Gasteiger partial charge is 0.369 e. The predicted octanol–water partition coefficient (Wildman–Crippen LogP) is 3.00. The average molecular weight is 411 g/mol. The Bertz CT molecular complexity index is 705. The maximum Gasteiger partial charge on any atom is 0.416 e. The van der Waals surface area contributed by atoms with E-state index in [1.807, 2.05) is 9.80 Å². The van der Waals surface area contributed by atoms with Crippen molar-refractivity contribution in [3.8, 4) is 0 Å². The molecule has 1 atom stereocenters. The van der Waals surface area contributed by atoms with Gasteiger partial charge in [-0.15, -0.1) is 0 Å². The van der Waals surface area contributed by atoms with Gasteiger partial charge in [-0.2, -0.15) is 13.2 Å². The van der Waals surface area contributed by atoms with Crippen LogP contribution in [0.15, 0.2) is 24.3 Å². The topological polar surface area (TPSA) is 36.0 Å². The van der Waals surface area contributed by atoms with Crippen molar-refractivity contribution in [3.63, 3.8) is 0 Å². The minimum absolute atomic E-state index is 0.135. The Morgan fingerprint density at radius 1 is 1.00 bits per heavy atom. The molecule has 0 unspecified atom stereocenters. The number of amides is 1. The van der Waals surface area contributed by atoms with Crippen LogP contribution in [-0.4, -0.2) is 73.7 Å². The molecule has 0 spiro atoms. The number of alkyl halides is 3. The Morgan fingerprint density at radius 3 is 2.34 bits per heavy atom. The van der Waals surface area contributed by atoms with Crippen LogP contribution in [0.2, 0.25) is 0 Å². The molecule has 3 heterocycles. The van der Waals surface area contributed by atoms with Crippen molar-refractivity contribution in [2.45, 2.75) is 44.0 Å². The van der Waals surface area contributed by atoms with E-state index in [0.29, 0.717) is 18.3 Å². The first-order valence-corrected chi connectivity index (χ1v) is 10.5. The van der Waals surface area contributed by atoms with Gasteiger partial charge in [-0.05, 0) is 43.9 Å². The van der Waals surface area contributed by atoms with Gasteiger partial charge in [-0.3, -0.25) is 9.69 Å². The molecule has 0 aliphatic carbocycles. The number of halogens is 3. The molecule has 0 aromatic heterocycles. The quantitative estimate of drug-likeness (QED) is 0.766. The molecular formula is C21H28F3N3O2. The van der Waals surface area contributed by atoms with Crippen LogP contribution in [0.25, 0.3) is 0 Å². The standard InChI is InChI=1S/C21H28F3N3O2/c22-21(23,24)16-3-1-4-18(15-16)26-12-10-25(11-13-26)17-6-8-27(9-7-17)20(28)19-5-2-14-29-19/h1,3-4,15,17,19H,2,5-14H2/t19-/m0/s1. The van der Waals surface area contributed by atoms with Crippen molar-refractivity contribution in [2.75, 3.05) is 50.8 Å². The molecule has 5 nitrogen and oxygen atoms in total. The van der Waals surface area contributed by atoms with Gasteiger partial charge in [0.05, 0.1) is 5.56 Å². The maximum atomic E-state index is 13.0. The zero-order valence-electron chi connectivity index (χ0n) is 16.5. The molecule has 3 aliphatic rings. The summed E-state index contributed by atoms with van der Waals surface area (Å²) in [5.74, 6) is 0.135. The van der Waals surface area contributed by atoms with E-state index >= 15 is 0 Å². The Hall–Kier alpha value is -1.80. The molecular weight excluding hydrogens is 383 g/mol. The van der Waals surface area contributed by atoms with Crippen molar-refractivity contribution < 1.29 is 22.7 Å². The monoisotopic (exact) mass is 411 g/mol. The highest BCUT2D eigenvalue weighted by molar-refractivity contribution is 5.81. The molecule has 0 N–H and O–H groups in total. The van der Waals surface area contributed by atoms with E-state index in [4.69, 9.17) is 4.74 Å². The molecule has 160 valence electrons. The highest BCUT2D eigenvalue weighted by atomic mass is 19.4. The summed E-state index contributed by atoms with van der Waals surface area (Å²) < 4.78 is 44.4. The Kier molecular flexibility index (Phi) is 6.01. The van der Waals surface area contributed by atoms with E-state index in [-0.39, 0.29) is 12.0 Å². The number of likely N-dealkylation sites (tertiary alicyclic amines) is 1. The van der Waals surface area contributed by atoms with E-state index < -0.39 is 11.7 Å². The number of ether oxygens (including phenoxy) is 1. The number of benzene rings is 1. The SMILES string of the molecule is O=C([C@@H]1CCCO1)N1CCC(N2CCN(c3cccc(C(F)(F)F)c3)CC2)CC1. The van der Waals surface area contributed by atoms with E-state index in [1.54, 1.807) is 6.07 Å². The summed E-state index contributed by atoms with van der Waals surface area (Å²) >= 11 is 0. The van der Waals surface area contributed by atoms with Crippen molar-refractivity contribution in [3.05, 3.63) is 29.8 Å². The molecule has 4 rings (SSSR count). The van der Waals surface area contributed by atoms with E-state index in [9.17, 15) is 18.0 Å². The first kappa shape index (κ1) is 20.5. The van der Waals surface area contributed by atoms with E-state index in [2.05, 4.69) is 4.90 Å². The molecule has 1 aromatic rings. The van der Waals surface area contributed by atoms with Crippen LogP contribution in [0, 0.1) is 0 Å². The lowest BCUT2D eigenvalue weighted by molar-refractivity contribution is -0.142. The van der Waals surface area contributed by atoms with Crippen molar-refractivity contribution in [1.29, 1.82) is 0 Å². The van der Waals surface area contributed by atoms with Gasteiger partial charge in [0.2, 0.25) is 0 Å². The van der Waals surface area contributed by atoms with Gasteiger partial charge < -0.3 is 14.5 Å². The fourth-order valence-corrected chi connectivity index (χ4v) is 4.65. The Balaban J connectivity index is 1.27.